The van der Waals surface area contributed by atoms with E-state index in [1.54, 1.807) is 0 Å². The van der Waals surface area contributed by atoms with Crippen molar-refractivity contribution in [3.05, 3.63) is 48.6 Å². The maximum absolute atomic E-state index is 12.4. The van der Waals surface area contributed by atoms with Crippen LogP contribution in [0.4, 0.5) is 0 Å². The fraction of sp³-hybridized carbons (Fsp3) is 0.787. The van der Waals surface area contributed by atoms with E-state index in [1.165, 1.54) is 116 Å². The molecule has 0 amide bonds. The third-order valence-corrected chi connectivity index (χ3v) is 10.5. The predicted molar refractivity (Wildman–Crippen MR) is 236 cm³/mol. The number of carbonyl (C=O) groups is 2. The van der Waals surface area contributed by atoms with Crippen LogP contribution < -0.4 is 0 Å². The van der Waals surface area contributed by atoms with Gasteiger partial charge in [-0.15, -0.1) is 0 Å². The van der Waals surface area contributed by atoms with Crippen LogP contribution in [0.3, 0.4) is 0 Å². The Bertz CT molecular complexity index is 1080. The zero-order chi connectivity index (χ0) is 41.9. The minimum atomic E-state index is -4.78. The maximum Gasteiger partial charge on any atom is 0.469 e. The SMILES string of the molecule is CCCCCCCCCCCCCCCCCCCCCCCC(=O)OC[C@H](COP(=O)(O)O)OC(=O)CCC/C=C\C/C=C\C/C=C\C/C=C\CC[C@H](O)CC. The number of allylic oxidation sites excluding steroid dienone is 8. The summed E-state index contributed by atoms with van der Waals surface area (Å²) in [5, 5.41) is 9.55. The van der Waals surface area contributed by atoms with E-state index in [1.807, 2.05) is 19.1 Å². The van der Waals surface area contributed by atoms with Gasteiger partial charge in [0.1, 0.15) is 6.61 Å². The van der Waals surface area contributed by atoms with Crippen LogP contribution in [-0.2, 0) is 28.2 Å². The van der Waals surface area contributed by atoms with Gasteiger partial charge in [0.2, 0.25) is 0 Å². The van der Waals surface area contributed by atoms with Crippen LogP contribution in [0.5, 0.6) is 0 Å². The van der Waals surface area contributed by atoms with Gasteiger partial charge in [-0.2, -0.15) is 0 Å². The molecule has 0 aromatic carbocycles. The lowest BCUT2D eigenvalue weighted by atomic mass is 10.0. The first kappa shape index (κ1) is 55.0. The molecule has 3 N–H and O–H groups in total. The summed E-state index contributed by atoms with van der Waals surface area (Å²) >= 11 is 0. The minimum Gasteiger partial charge on any atom is -0.462 e. The molecule has 0 aliphatic rings. The number of ether oxygens (including phenoxy) is 2. The smallest absolute Gasteiger partial charge is 0.462 e. The molecular weight excluding hydrogens is 739 g/mol. The quantitative estimate of drug-likeness (QED) is 0.0237. The highest BCUT2D eigenvalue weighted by atomic mass is 31.2. The van der Waals surface area contributed by atoms with E-state index in [4.69, 9.17) is 19.3 Å². The highest BCUT2D eigenvalue weighted by Gasteiger charge is 2.22. The fourth-order valence-electron chi connectivity index (χ4n) is 6.41. The molecule has 0 saturated heterocycles. The second kappa shape index (κ2) is 42.1. The van der Waals surface area contributed by atoms with E-state index >= 15 is 0 Å². The maximum atomic E-state index is 12.4. The van der Waals surface area contributed by atoms with Crippen molar-refractivity contribution in [3.63, 3.8) is 0 Å². The number of carbonyl (C=O) groups excluding carboxylic acids is 2. The highest BCUT2D eigenvalue weighted by Crippen LogP contribution is 2.36. The van der Waals surface area contributed by atoms with Crippen LogP contribution in [0.2, 0.25) is 0 Å². The van der Waals surface area contributed by atoms with E-state index in [-0.39, 0.29) is 25.6 Å². The lowest BCUT2D eigenvalue weighted by Crippen LogP contribution is -2.29. The number of phosphoric acid groups is 1. The van der Waals surface area contributed by atoms with Crippen molar-refractivity contribution >= 4 is 19.8 Å². The Balaban J connectivity index is 3.93. The van der Waals surface area contributed by atoms with E-state index in [9.17, 15) is 19.3 Å². The molecule has 0 aromatic rings. The molecule has 0 aliphatic carbocycles. The van der Waals surface area contributed by atoms with Gasteiger partial charge in [-0.3, -0.25) is 14.1 Å². The molecule has 0 rings (SSSR count). The average Bonchev–Trinajstić information content (AvgIpc) is 3.18. The van der Waals surface area contributed by atoms with Gasteiger partial charge in [-0.25, -0.2) is 4.57 Å². The molecule has 0 fully saturated rings. The van der Waals surface area contributed by atoms with Crippen molar-refractivity contribution < 1.29 is 43.0 Å². The first-order chi connectivity index (χ1) is 27.7. The normalized spacial score (nSPS) is 13.4. The minimum absolute atomic E-state index is 0.123. The molecule has 57 heavy (non-hydrogen) atoms. The van der Waals surface area contributed by atoms with Gasteiger partial charge >= 0.3 is 19.8 Å². The number of unbranched alkanes of at least 4 members (excludes halogenated alkanes) is 21. The Labute approximate surface area is 348 Å². The number of hydrogen-bond donors (Lipinski definition) is 3. The molecule has 332 valence electrons. The summed E-state index contributed by atoms with van der Waals surface area (Å²) in [5.74, 6) is -0.962. The topological polar surface area (TPSA) is 140 Å². The summed E-state index contributed by atoms with van der Waals surface area (Å²) in [6, 6.07) is 0. The number of aliphatic hydroxyl groups excluding tert-OH is 1. The second-order valence-electron chi connectivity index (χ2n) is 15.5. The summed E-state index contributed by atoms with van der Waals surface area (Å²) in [6.07, 6.45) is 49.3. The summed E-state index contributed by atoms with van der Waals surface area (Å²) in [6.45, 7) is 3.38. The molecule has 0 saturated carbocycles. The van der Waals surface area contributed by atoms with Crippen molar-refractivity contribution in [2.24, 2.45) is 0 Å². The molecule has 0 aromatic heterocycles. The first-order valence-corrected chi connectivity index (χ1v) is 24.5. The monoisotopic (exact) mass is 825 g/mol. The van der Waals surface area contributed by atoms with Gasteiger partial charge in [-0.1, -0.05) is 191 Å². The van der Waals surface area contributed by atoms with Crippen LogP contribution in [0.15, 0.2) is 48.6 Å². The fourth-order valence-corrected chi connectivity index (χ4v) is 6.77. The van der Waals surface area contributed by atoms with Gasteiger partial charge in [0.25, 0.3) is 0 Å². The second-order valence-corrected chi connectivity index (χ2v) is 16.8. The van der Waals surface area contributed by atoms with Gasteiger partial charge in [0.05, 0.1) is 12.7 Å². The Morgan fingerprint density at radius 1 is 0.526 bits per heavy atom. The Kier molecular flexibility index (Phi) is 40.6. The average molecular weight is 825 g/mol. The lowest BCUT2D eigenvalue weighted by molar-refractivity contribution is -0.161. The Morgan fingerprint density at radius 3 is 1.37 bits per heavy atom. The number of phosphoric ester groups is 1. The van der Waals surface area contributed by atoms with Gasteiger partial charge in [0.15, 0.2) is 6.10 Å². The van der Waals surface area contributed by atoms with Crippen molar-refractivity contribution in [3.8, 4) is 0 Å². The Hall–Kier alpha value is -2.03. The number of aliphatic hydroxyl groups is 1. The summed E-state index contributed by atoms with van der Waals surface area (Å²) in [5.41, 5.74) is 0. The van der Waals surface area contributed by atoms with E-state index in [0.29, 0.717) is 19.3 Å². The van der Waals surface area contributed by atoms with Crippen molar-refractivity contribution in [1.29, 1.82) is 0 Å². The molecule has 0 spiro atoms. The van der Waals surface area contributed by atoms with E-state index in [2.05, 4.69) is 47.9 Å². The molecule has 10 heteroatoms. The number of rotatable bonds is 42. The zero-order valence-electron chi connectivity index (χ0n) is 36.3. The number of esters is 2. The molecule has 2 atom stereocenters. The zero-order valence-corrected chi connectivity index (χ0v) is 37.2. The van der Waals surface area contributed by atoms with Crippen LogP contribution >= 0.6 is 7.82 Å². The van der Waals surface area contributed by atoms with Crippen LogP contribution in [0.25, 0.3) is 0 Å². The van der Waals surface area contributed by atoms with Crippen molar-refractivity contribution in [2.45, 2.75) is 225 Å². The largest absolute Gasteiger partial charge is 0.469 e. The standard InChI is InChI=1S/C47H85O9P/c1-3-5-6-7-8-9-10-11-12-13-14-15-16-17-18-22-25-28-31-34-37-40-46(49)54-42-45(43-55-57(51,52)53)56-47(50)41-38-35-32-29-26-23-20-19-21-24-27-30-33-36-39-44(48)4-2/h20-21,23-24,29-30,32-33,44-45,48H,3-19,22,25-28,31,34-43H2,1-2H3,(H2,51,52,53)/b23-20-,24-21-,32-29-,33-30-/t44-,45-/m1/s1. The molecule has 0 aliphatic heterocycles. The lowest BCUT2D eigenvalue weighted by Gasteiger charge is -2.18. The van der Waals surface area contributed by atoms with Crippen molar-refractivity contribution in [1.82, 2.24) is 0 Å². The van der Waals surface area contributed by atoms with Crippen molar-refractivity contribution in [2.75, 3.05) is 13.2 Å². The van der Waals surface area contributed by atoms with Crippen LogP contribution in [0, 0.1) is 0 Å². The van der Waals surface area contributed by atoms with Crippen LogP contribution in [0.1, 0.15) is 213 Å². The summed E-state index contributed by atoms with van der Waals surface area (Å²) < 4.78 is 26.4. The van der Waals surface area contributed by atoms with Gasteiger partial charge in [0, 0.05) is 12.8 Å². The van der Waals surface area contributed by atoms with E-state index in [0.717, 1.165) is 51.4 Å². The van der Waals surface area contributed by atoms with Gasteiger partial charge < -0.3 is 24.4 Å². The number of hydrogen-bond acceptors (Lipinski definition) is 7. The molecule has 0 radical (unpaired) electrons. The summed E-state index contributed by atoms with van der Waals surface area (Å²) in [7, 11) is -4.78. The third kappa shape index (κ3) is 44.9. The summed E-state index contributed by atoms with van der Waals surface area (Å²) in [4.78, 5) is 42.9. The molecule has 9 nitrogen and oxygen atoms in total. The molecular formula is C47H85O9P. The third-order valence-electron chi connectivity index (χ3n) is 10.0. The van der Waals surface area contributed by atoms with Crippen LogP contribution in [-0.4, -0.2) is 52.3 Å². The molecule has 0 heterocycles. The highest BCUT2D eigenvalue weighted by molar-refractivity contribution is 7.46. The predicted octanol–water partition coefficient (Wildman–Crippen LogP) is 13.3. The Morgan fingerprint density at radius 2 is 0.930 bits per heavy atom. The molecule has 0 bridgehead atoms. The van der Waals surface area contributed by atoms with E-state index < -0.39 is 32.5 Å². The molecule has 0 unspecified atom stereocenters. The first-order valence-electron chi connectivity index (χ1n) is 23.0. The van der Waals surface area contributed by atoms with Gasteiger partial charge in [-0.05, 0) is 57.8 Å².